The fraction of sp³-hybridized carbons (Fsp3) is 0.257. The maximum atomic E-state index is 14.5. The van der Waals surface area contributed by atoms with Crippen LogP contribution < -0.4 is 9.62 Å². The number of nitrogens with one attached hydrogen (secondary N) is 1. The molecular weight excluding hydrogens is 674 g/mol. The van der Waals surface area contributed by atoms with E-state index < -0.39 is 28.5 Å². The standard InChI is InChI=1S/C35H37BrClN3O4S/c1-4-26(3)38-35(42)33(21-27-11-6-5-7-12-27)39(23-28-13-8-9-16-32(28)37)34(41)24-40(30-15-10-14-29(36)22-30)45(43,44)31-19-17-25(2)18-20-31/h5-20,22,26,33H,4,21,23-24H2,1-3H3,(H,38,42)/t26-,33+/m1/s1. The summed E-state index contributed by atoms with van der Waals surface area (Å²) in [7, 11) is -4.19. The molecule has 1 N–H and O–H groups in total. The van der Waals surface area contributed by atoms with Gasteiger partial charge in [-0.2, -0.15) is 0 Å². The number of hydrogen-bond acceptors (Lipinski definition) is 4. The molecular formula is C35H37BrClN3O4S. The molecule has 4 aromatic rings. The molecule has 7 nitrogen and oxygen atoms in total. The Morgan fingerprint density at radius 3 is 2.22 bits per heavy atom. The van der Waals surface area contributed by atoms with Crippen molar-refractivity contribution >= 4 is 55.1 Å². The molecule has 2 amide bonds. The Bertz CT molecular complexity index is 1720. The van der Waals surface area contributed by atoms with Gasteiger partial charge in [0, 0.05) is 28.5 Å². The molecule has 0 unspecified atom stereocenters. The molecule has 0 aliphatic rings. The van der Waals surface area contributed by atoms with Crippen LogP contribution in [-0.2, 0) is 32.6 Å². The Morgan fingerprint density at radius 2 is 1.58 bits per heavy atom. The van der Waals surface area contributed by atoms with Gasteiger partial charge in [0.25, 0.3) is 10.0 Å². The summed E-state index contributed by atoms with van der Waals surface area (Å²) in [6.45, 7) is 5.20. The summed E-state index contributed by atoms with van der Waals surface area (Å²) in [5, 5.41) is 3.47. The number of amides is 2. The van der Waals surface area contributed by atoms with E-state index in [0.717, 1.165) is 15.4 Å². The van der Waals surface area contributed by atoms with E-state index in [4.69, 9.17) is 11.6 Å². The molecule has 0 aromatic heterocycles. The van der Waals surface area contributed by atoms with E-state index in [0.29, 0.717) is 27.2 Å². The van der Waals surface area contributed by atoms with E-state index in [1.807, 2.05) is 57.2 Å². The minimum atomic E-state index is -4.19. The van der Waals surface area contributed by atoms with Gasteiger partial charge in [-0.1, -0.05) is 107 Å². The first kappa shape index (κ1) is 34.2. The van der Waals surface area contributed by atoms with Crippen LogP contribution in [0.4, 0.5) is 5.69 Å². The Kier molecular flexibility index (Phi) is 11.8. The molecule has 0 radical (unpaired) electrons. The smallest absolute Gasteiger partial charge is 0.264 e. The largest absolute Gasteiger partial charge is 0.352 e. The number of carbonyl (C=O) groups excluding carboxylic acids is 2. The van der Waals surface area contributed by atoms with Crippen molar-refractivity contribution in [3.8, 4) is 0 Å². The minimum Gasteiger partial charge on any atom is -0.352 e. The molecule has 0 aliphatic carbocycles. The van der Waals surface area contributed by atoms with Gasteiger partial charge in [0.1, 0.15) is 12.6 Å². The Hall–Kier alpha value is -3.66. The van der Waals surface area contributed by atoms with Gasteiger partial charge in [0.15, 0.2) is 0 Å². The van der Waals surface area contributed by atoms with Gasteiger partial charge in [-0.25, -0.2) is 8.42 Å². The SMILES string of the molecule is CC[C@@H](C)NC(=O)[C@H](Cc1ccccc1)N(Cc1ccccc1Cl)C(=O)CN(c1cccc(Br)c1)S(=O)(=O)c1ccc(C)cc1. The van der Waals surface area contributed by atoms with E-state index in [1.54, 1.807) is 54.6 Å². The van der Waals surface area contributed by atoms with Crippen LogP contribution in [0.1, 0.15) is 37.0 Å². The van der Waals surface area contributed by atoms with Crippen molar-refractivity contribution in [2.75, 3.05) is 10.8 Å². The molecule has 10 heteroatoms. The second-order valence-electron chi connectivity index (χ2n) is 10.9. The zero-order chi connectivity index (χ0) is 32.6. The third-order valence-electron chi connectivity index (χ3n) is 7.55. The first-order valence-corrected chi connectivity index (χ1v) is 17.3. The quantitative estimate of drug-likeness (QED) is 0.160. The molecule has 4 rings (SSSR count). The van der Waals surface area contributed by atoms with Gasteiger partial charge in [0.2, 0.25) is 11.8 Å². The number of nitrogens with zero attached hydrogens (tertiary/aromatic N) is 2. The molecule has 4 aromatic carbocycles. The van der Waals surface area contributed by atoms with Gasteiger partial charge < -0.3 is 10.2 Å². The summed E-state index contributed by atoms with van der Waals surface area (Å²) in [5.41, 5.74) is 2.70. The molecule has 0 saturated heterocycles. The normalized spacial score (nSPS) is 12.6. The molecule has 45 heavy (non-hydrogen) atoms. The number of carbonyl (C=O) groups is 2. The van der Waals surface area contributed by atoms with E-state index in [9.17, 15) is 18.0 Å². The number of sulfonamides is 1. The maximum Gasteiger partial charge on any atom is 0.264 e. The van der Waals surface area contributed by atoms with Crippen LogP contribution in [0.25, 0.3) is 0 Å². The zero-order valence-electron chi connectivity index (χ0n) is 25.5. The highest BCUT2D eigenvalue weighted by atomic mass is 79.9. The molecule has 0 heterocycles. The van der Waals surface area contributed by atoms with Gasteiger partial charge >= 0.3 is 0 Å². The van der Waals surface area contributed by atoms with E-state index in [1.165, 1.54) is 17.0 Å². The number of rotatable bonds is 13. The van der Waals surface area contributed by atoms with Crippen molar-refractivity contribution in [3.05, 3.63) is 129 Å². The second-order valence-corrected chi connectivity index (χ2v) is 14.1. The molecule has 0 fully saturated rings. The lowest BCUT2D eigenvalue weighted by Gasteiger charge is -2.34. The Balaban J connectivity index is 1.82. The van der Waals surface area contributed by atoms with Gasteiger partial charge in [-0.15, -0.1) is 0 Å². The number of aryl methyl sites for hydroxylation is 1. The molecule has 0 spiro atoms. The summed E-state index contributed by atoms with van der Waals surface area (Å²) in [5.74, 6) is -0.880. The van der Waals surface area contributed by atoms with E-state index in [2.05, 4.69) is 21.2 Å². The molecule has 236 valence electrons. The zero-order valence-corrected chi connectivity index (χ0v) is 28.6. The summed E-state index contributed by atoms with van der Waals surface area (Å²) in [6, 6.07) is 28.7. The highest BCUT2D eigenvalue weighted by molar-refractivity contribution is 9.10. The Morgan fingerprint density at radius 1 is 0.911 bits per heavy atom. The van der Waals surface area contributed by atoms with Gasteiger partial charge in [0.05, 0.1) is 10.6 Å². The molecule has 2 atom stereocenters. The first-order chi connectivity index (χ1) is 21.5. The second kappa shape index (κ2) is 15.6. The lowest BCUT2D eigenvalue weighted by molar-refractivity contribution is -0.140. The topological polar surface area (TPSA) is 86.8 Å². The van der Waals surface area contributed by atoms with Crippen molar-refractivity contribution in [2.45, 2.75) is 57.1 Å². The fourth-order valence-corrected chi connectivity index (χ4v) is 6.79. The van der Waals surface area contributed by atoms with Crippen molar-refractivity contribution in [2.24, 2.45) is 0 Å². The molecule has 0 aliphatic heterocycles. The average Bonchev–Trinajstić information content (AvgIpc) is 3.02. The van der Waals surface area contributed by atoms with Crippen molar-refractivity contribution in [1.29, 1.82) is 0 Å². The third-order valence-corrected chi connectivity index (χ3v) is 10.2. The highest BCUT2D eigenvalue weighted by Crippen LogP contribution is 2.28. The Labute approximate surface area is 279 Å². The van der Waals surface area contributed by atoms with Crippen molar-refractivity contribution in [1.82, 2.24) is 10.2 Å². The monoisotopic (exact) mass is 709 g/mol. The molecule has 0 bridgehead atoms. The minimum absolute atomic E-state index is 0.000830. The number of benzene rings is 4. The van der Waals surface area contributed by atoms with Gasteiger partial charge in [-0.05, 0) is 67.8 Å². The number of hydrogen-bond donors (Lipinski definition) is 1. The maximum absolute atomic E-state index is 14.5. The predicted octanol–water partition coefficient (Wildman–Crippen LogP) is 7.16. The van der Waals surface area contributed by atoms with Crippen LogP contribution in [0.2, 0.25) is 5.02 Å². The van der Waals surface area contributed by atoms with Crippen LogP contribution in [0.5, 0.6) is 0 Å². The highest BCUT2D eigenvalue weighted by Gasteiger charge is 2.35. The lowest BCUT2D eigenvalue weighted by Crippen LogP contribution is -2.54. The van der Waals surface area contributed by atoms with Crippen LogP contribution in [0.3, 0.4) is 0 Å². The summed E-state index contributed by atoms with van der Waals surface area (Å²) in [6.07, 6.45) is 0.925. The predicted molar refractivity (Wildman–Crippen MR) is 184 cm³/mol. The average molecular weight is 711 g/mol. The van der Waals surface area contributed by atoms with Crippen LogP contribution in [0.15, 0.2) is 112 Å². The summed E-state index contributed by atoms with van der Waals surface area (Å²) in [4.78, 5) is 29.9. The number of anilines is 1. The van der Waals surface area contributed by atoms with Crippen LogP contribution in [0, 0.1) is 6.92 Å². The number of halogens is 2. The van der Waals surface area contributed by atoms with Crippen molar-refractivity contribution in [3.63, 3.8) is 0 Å². The van der Waals surface area contributed by atoms with Crippen molar-refractivity contribution < 1.29 is 18.0 Å². The summed E-state index contributed by atoms with van der Waals surface area (Å²) >= 11 is 9.99. The summed E-state index contributed by atoms with van der Waals surface area (Å²) < 4.78 is 30.0. The van der Waals surface area contributed by atoms with E-state index >= 15 is 0 Å². The third kappa shape index (κ3) is 8.96. The van der Waals surface area contributed by atoms with E-state index in [-0.39, 0.29) is 29.8 Å². The van der Waals surface area contributed by atoms with Crippen LogP contribution >= 0.6 is 27.5 Å². The molecule has 0 saturated carbocycles. The fourth-order valence-electron chi connectivity index (χ4n) is 4.80. The lowest BCUT2D eigenvalue weighted by atomic mass is 10.0. The van der Waals surface area contributed by atoms with Gasteiger partial charge in [-0.3, -0.25) is 13.9 Å². The first-order valence-electron chi connectivity index (χ1n) is 14.7. The van der Waals surface area contributed by atoms with Crippen LogP contribution in [-0.4, -0.2) is 43.8 Å².